The minimum Gasteiger partial charge on any atom is -0.396 e. The molecule has 2 N–H and O–H groups in total. The van der Waals surface area contributed by atoms with Crippen molar-refractivity contribution in [3.8, 4) is 0 Å². The molecule has 1 aromatic carbocycles. The first-order valence-corrected chi connectivity index (χ1v) is 3.02. The predicted molar refractivity (Wildman–Crippen MR) is 40.9 cm³/mol. The van der Waals surface area contributed by atoms with E-state index in [9.17, 15) is 8.78 Å². The highest BCUT2D eigenvalue weighted by Gasteiger charge is 2.06. The summed E-state index contributed by atoms with van der Waals surface area (Å²) in [6, 6.07) is 2.00. The Hall–Kier alpha value is -1.38. The average Bonchev–Trinajstić information content (AvgIpc) is 1.99. The minimum atomic E-state index is -0.624. The zero-order chi connectivity index (χ0) is 8.43. The van der Waals surface area contributed by atoms with Gasteiger partial charge in [-0.2, -0.15) is 0 Å². The van der Waals surface area contributed by atoms with E-state index in [1.807, 2.05) is 0 Å². The molecule has 0 atom stereocenters. The highest BCUT2D eigenvalue weighted by molar-refractivity contribution is 5.64. The molecule has 0 aliphatic rings. The van der Waals surface area contributed by atoms with E-state index in [0.29, 0.717) is 0 Å². The van der Waals surface area contributed by atoms with Crippen molar-refractivity contribution in [2.75, 3.05) is 5.73 Å². The molecule has 0 unspecified atom stereocenters. The van der Waals surface area contributed by atoms with E-state index in [2.05, 4.69) is 6.58 Å². The highest BCUT2D eigenvalue weighted by atomic mass is 19.1. The fourth-order valence-electron chi connectivity index (χ4n) is 0.791. The van der Waals surface area contributed by atoms with E-state index in [-0.39, 0.29) is 11.3 Å². The summed E-state index contributed by atoms with van der Waals surface area (Å²) in [5.41, 5.74) is 5.03. The lowest BCUT2D eigenvalue weighted by Gasteiger charge is -2.01. The van der Waals surface area contributed by atoms with Gasteiger partial charge in [-0.05, 0) is 12.1 Å². The molecule has 0 aliphatic heterocycles. The number of benzene rings is 1. The molecule has 11 heavy (non-hydrogen) atoms. The summed E-state index contributed by atoms with van der Waals surface area (Å²) in [4.78, 5) is 0. The van der Waals surface area contributed by atoms with Crippen LogP contribution in [0.1, 0.15) is 5.56 Å². The van der Waals surface area contributed by atoms with Crippen molar-refractivity contribution in [2.45, 2.75) is 0 Å². The third kappa shape index (κ3) is 1.22. The Morgan fingerprint density at radius 3 is 2.27 bits per heavy atom. The Morgan fingerprint density at radius 1 is 1.27 bits per heavy atom. The molecule has 1 rings (SSSR count). The molecular formula is C8H7F2N. The first-order chi connectivity index (χ1) is 5.16. The number of anilines is 1. The molecule has 1 nitrogen and oxygen atoms in total. The number of halogens is 2. The molecule has 0 aromatic heterocycles. The summed E-state index contributed by atoms with van der Waals surface area (Å²) in [6.07, 6.45) is 1.19. The predicted octanol–water partition coefficient (Wildman–Crippen LogP) is 2.19. The summed E-state index contributed by atoms with van der Waals surface area (Å²) in [5.74, 6) is -1.18. The topological polar surface area (TPSA) is 26.0 Å². The van der Waals surface area contributed by atoms with E-state index in [1.165, 1.54) is 6.08 Å². The number of hydrogen-bond acceptors (Lipinski definition) is 1. The van der Waals surface area contributed by atoms with Crippen LogP contribution in [0.15, 0.2) is 18.7 Å². The van der Waals surface area contributed by atoms with Gasteiger partial charge >= 0.3 is 0 Å². The first-order valence-electron chi connectivity index (χ1n) is 3.02. The zero-order valence-corrected chi connectivity index (χ0v) is 5.77. The van der Waals surface area contributed by atoms with Gasteiger partial charge in [-0.1, -0.05) is 12.7 Å². The van der Waals surface area contributed by atoms with Gasteiger partial charge in [0.2, 0.25) is 0 Å². The van der Waals surface area contributed by atoms with Gasteiger partial charge in [0, 0.05) is 5.56 Å². The normalized spacial score (nSPS) is 9.64. The second-order valence-electron chi connectivity index (χ2n) is 2.06. The molecule has 58 valence electrons. The maximum atomic E-state index is 12.7. The van der Waals surface area contributed by atoms with Crippen LogP contribution in [0, 0.1) is 11.6 Å². The van der Waals surface area contributed by atoms with Crippen LogP contribution in [-0.4, -0.2) is 0 Å². The third-order valence-electron chi connectivity index (χ3n) is 1.38. The van der Waals surface area contributed by atoms with Crippen molar-refractivity contribution in [1.82, 2.24) is 0 Å². The van der Waals surface area contributed by atoms with Crippen molar-refractivity contribution >= 4 is 11.8 Å². The van der Waals surface area contributed by atoms with E-state index in [4.69, 9.17) is 5.73 Å². The molecule has 0 bridgehead atoms. The van der Waals surface area contributed by atoms with Crippen LogP contribution in [-0.2, 0) is 0 Å². The fraction of sp³-hybridized carbons (Fsp3) is 0. The van der Waals surface area contributed by atoms with Gasteiger partial charge in [0.25, 0.3) is 0 Å². The monoisotopic (exact) mass is 155 g/mol. The molecule has 0 fully saturated rings. The first kappa shape index (κ1) is 7.72. The summed E-state index contributed by atoms with van der Waals surface area (Å²) in [6.45, 7) is 3.31. The van der Waals surface area contributed by atoms with Gasteiger partial charge in [0.1, 0.15) is 11.6 Å². The van der Waals surface area contributed by atoms with Crippen LogP contribution >= 0.6 is 0 Å². The lowest BCUT2D eigenvalue weighted by Crippen LogP contribution is -1.96. The molecule has 0 saturated carbocycles. The molecule has 0 aliphatic carbocycles. The van der Waals surface area contributed by atoms with Crippen molar-refractivity contribution in [2.24, 2.45) is 0 Å². The lowest BCUT2D eigenvalue weighted by molar-refractivity contribution is 0.602. The van der Waals surface area contributed by atoms with E-state index >= 15 is 0 Å². The highest BCUT2D eigenvalue weighted by Crippen LogP contribution is 2.20. The van der Waals surface area contributed by atoms with Crippen LogP contribution in [0.5, 0.6) is 0 Å². The van der Waals surface area contributed by atoms with Gasteiger partial charge in [0.05, 0.1) is 5.69 Å². The van der Waals surface area contributed by atoms with Gasteiger partial charge in [-0.15, -0.1) is 0 Å². The van der Waals surface area contributed by atoms with Crippen molar-refractivity contribution in [1.29, 1.82) is 0 Å². The molecular weight excluding hydrogens is 148 g/mol. The maximum absolute atomic E-state index is 12.7. The number of nitrogens with two attached hydrogens (primary N) is 1. The van der Waals surface area contributed by atoms with E-state index in [0.717, 1.165) is 12.1 Å². The zero-order valence-electron chi connectivity index (χ0n) is 5.77. The van der Waals surface area contributed by atoms with Gasteiger partial charge in [0.15, 0.2) is 0 Å². The summed E-state index contributed by atoms with van der Waals surface area (Å²) >= 11 is 0. The third-order valence-corrected chi connectivity index (χ3v) is 1.38. The molecule has 0 heterocycles. The fourth-order valence-corrected chi connectivity index (χ4v) is 0.791. The molecule has 0 radical (unpaired) electrons. The van der Waals surface area contributed by atoms with Gasteiger partial charge < -0.3 is 5.73 Å². The maximum Gasteiger partial charge on any atom is 0.146 e. The van der Waals surface area contributed by atoms with Gasteiger partial charge in [-0.3, -0.25) is 0 Å². The van der Waals surface area contributed by atoms with Crippen LogP contribution < -0.4 is 5.73 Å². The Kier molecular flexibility index (Phi) is 1.89. The minimum absolute atomic E-state index is 0.0185. The van der Waals surface area contributed by atoms with E-state index in [1.54, 1.807) is 0 Å². The standard InChI is InChI=1S/C8H7F2N/c1-2-5-6(9)3-4-7(10)8(5)11/h2-4H,1,11H2. The van der Waals surface area contributed by atoms with Crippen molar-refractivity contribution in [3.63, 3.8) is 0 Å². The Bertz CT molecular complexity index is 294. The largest absolute Gasteiger partial charge is 0.396 e. The summed E-state index contributed by atoms with van der Waals surface area (Å²) < 4.78 is 25.3. The average molecular weight is 155 g/mol. The smallest absolute Gasteiger partial charge is 0.146 e. The molecule has 0 spiro atoms. The Balaban J connectivity index is 3.40. The quantitative estimate of drug-likeness (QED) is 0.618. The molecule has 0 amide bonds. The van der Waals surface area contributed by atoms with Crippen LogP contribution in [0.2, 0.25) is 0 Å². The van der Waals surface area contributed by atoms with Crippen molar-refractivity contribution < 1.29 is 8.78 Å². The van der Waals surface area contributed by atoms with Crippen molar-refractivity contribution in [3.05, 3.63) is 35.9 Å². The second-order valence-corrected chi connectivity index (χ2v) is 2.06. The van der Waals surface area contributed by atoms with Crippen LogP contribution in [0.25, 0.3) is 6.08 Å². The molecule has 1 aromatic rings. The number of rotatable bonds is 1. The summed E-state index contributed by atoms with van der Waals surface area (Å²) in [7, 11) is 0. The van der Waals surface area contributed by atoms with Gasteiger partial charge in [-0.25, -0.2) is 8.78 Å². The number of hydrogen-bond donors (Lipinski definition) is 1. The second kappa shape index (κ2) is 2.70. The molecule has 0 saturated heterocycles. The van der Waals surface area contributed by atoms with E-state index < -0.39 is 11.6 Å². The lowest BCUT2D eigenvalue weighted by atomic mass is 10.1. The summed E-state index contributed by atoms with van der Waals surface area (Å²) in [5, 5.41) is 0. The Labute approximate surface area is 63.1 Å². The SMILES string of the molecule is C=Cc1c(F)ccc(F)c1N. The molecule has 3 heteroatoms. The van der Waals surface area contributed by atoms with Crippen LogP contribution in [0.4, 0.5) is 14.5 Å². The van der Waals surface area contributed by atoms with Crippen LogP contribution in [0.3, 0.4) is 0 Å². The Morgan fingerprint density at radius 2 is 1.82 bits per heavy atom. The number of nitrogen functional groups attached to an aromatic ring is 1.